The fourth-order valence-electron chi connectivity index (χ4n) is 1.71. The zero-order chi connectivity index (χ0) is 21.4. The summed E-state index contributed by atoms with van der Waals surface area (Å²) >= 11 is 0. The molecule has 0 heterocycles. The van der Waals surface area contributed by atoms with E-state index in [2.05, 4.69) is 32.1 Å². The Hall–Kier alpha value is -2.09. The first-order valence-corrected chi connectivity index (χ1v) is 9.75. The van der Waals surface area contributed by atoms with Gasteiger partial charge in [-0.3, -0.25) is 4.55 Å². The van der Waals surface area contributed by atoms with Crippen LogP contribution in [0.4, 0.5) is 8.78 Å². The summed E-state index contributed by atoms with van der Waals surface area (Å²) in [5.41, 5.74) is 12.0. The molecule has 0 unspecified atom stereocenters. The van der Waals surface area contributed by atoms with Crippen molar-refractivity contribution in [1.82, 2.24) is 0 Å². The molecule has 160 valence electrons. The molecule has 14 heteroatoms. The summed E-state index contributed by atoms with van der Waals surface area (Å²) in [5.74, 6) is 8.82. The Bertz CT molecular complexity index is 474. The van der Waals surface area contributed by atoms with E-state index in [1.54, 1.807) is 0 Å². The van der Waals surface area contributed by atoms with Crippen molar-refractivity contribution in [1.29, 1.82) is 11.1 Å². The third kappa shape index (κ3) is 45.3. The number of nitrogens with two attached hydrogens (primary N) is 2. The van der Waals surface area contributed by atoms with Crippen molar-refractivity contribution in [2.75, 3.05) is 5.75 Å². The lowest BCUT2D eigenvalue weighted by molar-refractivity contribution is 0.133. The van der Waals surface area contributed by atoms with E-state index in [-0.39, 0.29) is 12.2 Å². The van der Waals surface area contributed by atoms with Crippen LogP contribution in [0, 0.1) is 11.1 Å². The molecule has 0 saturated carbocycles. The highest BCUT2D eigenvalue weighted by atomic mass is 32.2. The summed E-state index contributed by atoms with van der Waals surface area (Å²) in [7, 11) is -3.81. The zero-order valence-corrected chi connectivity index (χ0v) is 16.0. The van der Waals surface area contributed by atoms with Crippen LogP contribution in [0.25, 0.3) is 0 Å². The SMILES string of the molecule is N=NC=NN.N=NC=NN.O=S(=O)(O)CCCCCCCCCCC(F)F. The molecule has 0 amide bonds. The lowest BCUT2D eigenvalue weighted by Crippen LogP contribution is -2.03. The first-order chi connectivity index (χ1) is 12.7. The fraction of sp³-hybridized carbons (Fsp3) is 0.846. The molecule has 0 spiro atoms. The van der Waals surface area contributed by atoms with Crippen molar-refractivity contribution >= 4 is 22.8 Å². The van der Waals surface area contributed by atoms with E-state index in [9.17, 15) is 17.2 Å². The summed E-state index contributed by atoms with van der Waals surface area (Å²) in [5, 5.41) is 11.1. The monoisotopic (exact) mass is 416 g/mol. The van der Waals surface area contributed by atoms with Crippen LogP contribution in [0.3, 0.4) is 0 Å². The molecular formula is C13H30F2N8O3S. The molecule has 0 aromatic carbocycles. The molecule has 0 aliphatic carbocycles. The molecule has 7 N–H and O–H groups in total. The van der Waals surface area contributed by atoms with Gasteiger partial charge >= 0.3 is 0 Å². The van der Waals surface area contributed by atoms with Gasteiger partial charge in [-0.1, -0.05) is 38.5 Å². The summed E-state index contributed by atoms with van der Waals surface area (Å²) in [6.07, 6.45) is 6.31. The second-order valence-corrected chi connectivity index (χ2v) is 6.65. The molecule has 11 nitrogen and oxygen atoms in total. The van der Waals surface area contributed by atoms with Gasteiger partial charge in [-0.2, -0.15) is 18.6 Å². The highest BCUT2D eigenvalue weighted by Gasteiger charge is 2.03. The second-order valence-electron chi connectivity index (χ2n) is 5.08. The molecule has 0 aliphatic rings. The first-order valence-electron chi connectivity index (χ1n) is 8.15. The third-order valence-electron chi connectivity index (χ3n) is 2.82. The number of hydrazone groups is 2. The Labute approximate surface area is 158 Å². The van der Waals surface area contributed by atoms with Gasteiger partial charge in [0.2, 0.25) is 6.43 Å². The smallest absolute Gasteiger partial charge is 0.264 e. The highest BCUT2D eigenvalue weighted by Crippen LogP contribution is 2.12. The maximum atomic E-state index is 11.8. The second kappa shape index (κ2) is 23.9. The molecule has 27 heavy (non-hydrogen) atoms. The topological polar surface area (TPSA) is 204 Å². The van der Waals surface area contributed by atoms with Gasteiger partial charge in [0.1, 0.15) is 0 Å². The minimum absolute atomic E-state index is 0.00560. The third-order valence-corrected chi connectivity index (χ3v) is 3.63. The van der Waals surface area contributed by atoms with E-state index in [0.29, 0.717) is 12.8 Å². The number of nitrogens with one attached hydrogen (secondary N) is 2. The molecule has 0 aromatic heterocycles. The highest BCUT2D eigenvalue weighted by molar-refractivity contribution is 7.85. The van der Waals surface area contributed by atoms with Crippen LogP contribution in [0.1, 0.15) is 57.8 Å². The number of hydrogen-bond donors (Lipinski definition) is 5. The maximum absolute atomic E-state index is 11.8. The predicted molar refractivity (Wildman–Crippen MR) is 99.6 cm³/mol. The summed E-state index contributed by atoms with van der Waals surface area (Å²) in [4.78, 5) is 0. The predicted octanol–water partition coefficient (Wildman–Crippen LogP) is 3.49. The first kappa shape index (κ1) is 29.7. The number of hydrogen-bond acceptors (Lipinski definition) is 8. The van der Waals surface area contributed by atoms with Crippen molar-refractivity contribution in [3.05, 3.63) is 0 Å². The summed E-state index contributed by atoms with van der Waals surface area (Å²) in [6.45, 7) is 0. The zero-order valence-electron chi connectivity index (χ0n) is 15.2. The number of halogens is 2. The van der Waals surface area contributed by atoms with Gasteiger partial charge in [0.05, 0.1) is 5.75 Å². The van der Waals surface area contributed by atoms with Crippen LogP contribution in [-0.4, -0.2) is 37.8 Å². The van der Waals surface area contributed by atoms with E-state index in [4.69, 9.17) is 15.6 Å². The Kier molecular flexibility index (Phi) is 26.3. The molecular weight excluding hydrogens is 386 g/mol. The number of rotatable bonds is 13. The van der Waals surface area contributed by atoms with Crippen molar-refractivity contribution in [3.63, 3.8) is 0 Å². The molecule has 0 atom stereocenters. The van der Waals surface area contributed by atoms with Crippen LogP contribution in [0.2, 0.25) is 0 Å². The average molecular weight is 416 g/mol. The molecule has 0 radical (unpaired) electrons. The van der Waals surface area contributed by atoms with Crippen LogP contribution in [0.15, 0.2) is 20.4 Å². The lowest BCUT2D eigenvalue weighted by Gasteiger charge is -2.02. The van der Waals surface area contributed by atoms with Crippen molar-refractivity contribution in [2.24, 2.45) is 32.1 Å². The normalized spacial score (nSPS) is 11.0. The van der Waals surface area contributed by atoms with Crippen molar-refractivity contribution in [2.45, 2.75) is 64.2 Å². The molecule has 0 fully saturated rings. The largest absolute Gasteiger partial charge is 0.322 e. The lowest BCUT2D eigenvalue weighted by atomic mass is 10.1. The Balaban J connectivity index is -0.000000471. The van der Waals surface area contributed by atoms with Crippen LogP contribution < -0.4 is 11.7 Å². The van der Waals surface area contributed by atoms with Crippen LogP contribution in [-0.2, 0) is 10.1 Å². The molecule has 0 aromatic rings. The van der Waals surface area contributed by atoms with E-state index < -0.39 is 16.5 Å². The van der Waals surface area contributed by atoms with E-state index in [1.807, 2.05) is 0 Å². The Morgan fingerprint density at radius 3 is 1.48 bits per heavy atom. The van der Waals surface area contributed by atoms with Gasteiger partial charge in [-0.05, 0) is 12.8 Å². The van der Waals surface area contributed by atoms with E-state index in [1.165, 1.54) is 0 Å². The van der Waals surface area contributed by atoms with Gasteiger partial charge in [-0.15, -0.1) is 10.2 Å². The number of unbranched alkanes of at least 4 members (excludes halogenated alkanes) is 7. The summed E-state index contributed by atoms with van der Waals surface area (Å²) in [6, 6.07) is 0. The van der Waals surface area contributed by atoms with E-state index in [0.717, 1.165) is 51.2 Å². The van der Waals surface area contributed by atoms with Gasteiger partial charge in [-0.25, -0.2) is 19.8 Å². The van der Waals surface area contributed by atoms with Crippen molar-refractivity contribution in [3.8, 4) is 0 Å². The summed E-state index contributed by atoms with van der Waals surface area (Å²) < 4.78 is 52.8. The standard InChI is InChI=1S/C11H22F2O3S.2CH4N4/c12-11(13)9-7-5-3-1-2-4-6-8-10-17(14,15)16;2*2-4-1-5-3/h11H,1-10H2,(H,14,15,16);2*1-2H,3H2. The minimum Gasteiger partial charge on any atom is -0.322 e. The molecule has 0 aliphatic heterocycles. The van der Waals surface area contributed by atoms with Gasteiger partial charge in [0, 0.05) is 6.42 Å². The van der Waals surface area contributed by atoms with Gasteiger partial charge in [0.25, 0.3) is 10.1 Å². The number of alkyl halides is 2. The van der Waals surface area contributed by atoms with E-state index >= 15 is 0 Å². The molecule has 0 rings (SSSR count). The van der Waals surface area contributed by atoms with Gasteiger partial charge in [0.15, 0.2) is 12.7 Å². The van der Waals surface area contributed by atoms with Gasteiger partial charge < -0.3 is 11.7 Å². The van der Waals surface area contributed by atoms with Crippen LogP contribution >= 0.6 is 0 Å². The van der Waals surface area contributed by atoms with Crippen molar-refractivity contribution < 1.29 is 21.8 Å². The average Bonchev–Trinajstić information content (AvgIpc) is 2.58. The Morgan fingerprint density at radius 1 is 0.852 bits per heavy atom. The quantitative estimate of drug-likeness (QED) is 0.0579. The molecule has 0 bridgehead atoms. The minimum atomic E-state index is -3.81. The number of nitrogens with zero attached hydrogens (tertiary/aromatic N) is 4. The Morgan fingerprint density at radius 2 is 1.22 bits per heavy atom. The molecule has 0 saturated heterocycles. The maximum Gasteiger partial charge on any atom is 0.264 e. The fourth-order valence-corrected chi connectivity index (χ4v) is 2.28. The van der Waals surface area contributed by atoms with Crippen LogP contribution in [0.5, 0.6) is 0 Å².